The number of hydrogen-bond donors (Lipinski definition) is 1. The summed E-state index contributed by atoms with van der Waals surface area (Å²) in [5.74, 6) is 0.756. The van der Waals surface area contributed by atoms with Crippen LogP contribution < -0.4 is 5.32 Å². The van der Waals surface area contributed by atoms with Gasteiger partial charge in [-0.2, -0.15) is 5.26 Å². The Morgan fingerprint density at radius 2 is 2.00 bits per heavy atom. The number of aryl methyl sites for hydroxylation is 2. The molecule has 0 atom stereocenters. The lowest BCUT2D eigenvalue weighted by molar-refractivity contribution is 0.233. The van der Waals surface area contributed by atoms with Crippen LogP contribution in [0.15, 0.2) is 6.07 Å². The number of nitrogens with one attached hydrogen (secondary N) is 1. The van der Waals surface area contributed by atoms with Crippen LogP contribution in [0.2, 0.25) is 0 Å². The first-order valence-corrected chi connectivity index (χ1v) is 7.16. The molecule has 102 valence electrons. The van der Waals surface area contributed by atoms with Crippen LogP contribution in [-0.4, -0.2) is 11.5 Å². The average molecular weight is 257 g/mol. The van der Waals surface area contributed by atoms with E-state index in [-0.39, 0.29) is 0 Å². The number of nitriles is 1. The molecule has 0 spiro atoms. The number of anilines is 1. The van der Waals surface area contributed by atoms with Crippen LogP contribution in [0.25, 0.3) is 0 Å². The fourth-order valence-corrected chi connectivity index (χ4v) is 2.99. The molecule has 1 aromatic heterocycles. The Bertz CT molecular complexity index is 493. The molecule has 1 fully saturated rings. The van der Waals surface area contributed by atoms with E-state index in [2.05, 4.69) is 23.3 Å². The van der Waals surface area contributed by atoms with Crippen LogP contribution in [0.1, 0.15) is 55.8 Å². The second-order valence-electron chi connectivity index (χ2n) is 6.14. The fourth-order valence-electron chi connectivity index (χ4n) is 2.99. The number of pyridine rings is 1. The topological polar surface area (TPSA) is 48.7 Å². The molecular formula is C16H23N3. The largest absolute Gasteiger partial charge is 0.368 e. The van der Waals surface area contributed by atoms with Crippen LogP contribution in [-0.2, 0) is 0 Å². The van der Waals surface area contributed by atoms with Gasteiger partial charge in [-0.15, -0.1) is 0 Å². The van der Waals surface area contributed by atoms with Gasteiger partial charge < -0.3 is 5.32 Å². The minimum Gasteiger partial charge on any atom is -0.368 e. The summed E-state index contributed by atoms with van der Waals surface area (Å²) in [5.41, 5.74) is 3.01. The van der Waals surface area contributed by atoms with E-state index in [0.29, 0.717) is 11.0 Å². The molecule has 19 heavy (non-hydrogen) atoms. The quantitative estimate of drug-likeness (QED) is 0.891. The van der Waals surface area contributed by atoms with Gasteiger partial charge >= 0.3 is 0 Å². The maximum Gasteiger partial charge on any atom is 0.144 e. The molecule has 0 unspecified atom stereocenters. The van der Waals surface area contributed by atoms with Gasteiger partial charge in [-0.1, -0.05) is 26.2 Å². The van der Waals surface area contributed by atoms with E-state index in [1.54, 1.807) is 0 Å². The van der Waals surface area contributed by atoms with Crippen LogP contribution >= 0.6 is 0 Å². The fraction of sp³-hybridized carbons (Fsp3) is 0.625. The van der Waals surface area contributed by atoms with Gasteiger partial charge in [0.2, 0.25) is 0 Å². The first-order valence-electron chi connectivity index (χ1n) is 7.16. The highest BCUT2D eigenvalue weighted by Crippen LogP contribution is 2.36. The molecular weight excluding hydrogens is 234 g/mol. The van der Waals surface area contributed by atoms with Gasteiger partial charge in [0, 0.05) is 12.2 Å². The Hall–Kier alpha value is -1.56. The summed E-state index contributed by atoms with van der Waals surface area (Å²) in [5, 5.41) is 12.7. The van der Waals surface area contributed by atoms with Gasteiger partial charge in [0.05, 0.1) is 5.56 Å². The molecule has 0 aliphatic heterocycles. The Morgan fingerprint density at radius 3 is 2.63 bits per heavy atom. The molecule has 1 aliphatic rings. The van der Waals surface area contributed by atoms with E-state index in [1.165, 1.54) is 32.1 Å². The predicted molar refractivity (Wildman–Crippen MR) is 78.1 cm³/mol. The third-order valence-electron chi connectivity index (χ3n) is 4.20. The highest BCUT2D eigenvalue weighted by atomic mass is 15.0. The van der Waals surface area contributed by atoms with Crippen LogP contribution in [0, 0.1) is 30.6 Å². The van der Waals surface area contributed by atoms with Crippen molar-refractivity contribution in [1.29, 1.82) is 5.26 Å². The van der Waals surface area contributed by atoms with Crippen molar-refractivity contribution in [3.8, 4) is 6.07 Å². The normalized spacial score (nSPS) is 17.8. The Morgan fingerprint density at radius 1 is 1.32 bits per heavy atom. The minimum absolute atomic E-state index is 0.351. The lowest BCUT2D eigenvalue weighted by Gasteiger charge is -2.34. The maximum atomic E-state index is 9.26. The third kappa shape index (κ3) is 3.26. The summed E-state index contributed by atoms with van der Waals surface area (Å²) < 4.78 is 0. The van der Waals surface area contributed by atoms with Crippen molar-refractivity contribution in [3.63, 3.8) is 0 Å². The first-order chi connectivity index (χ1) is 9.04. The third-order valence-corrected chi connectivity index (χ3v) is 4.20. The van der Waals surface area contributed by atoms with E-state index in [4.69, 9.17) is 0 Å². The predicted octanol–water partition coefficient (Wildman–Crippen LogP) is 3.95. The monoisotopic (exact) mass is 257 g/mol. The summed E-state index contributed by atoms with van der Waals surface area (Å²) >= 11 is 0. The summed E-state index contributed by atoms with van der Waals surface area (Å²) in [6.07, 6.45) is 6.55. The molecule has 1 saturated carbocycles. The summed E-state index contributed by atoms with van der Waals surface area (Å²) in [6.45, 7) is 7.20. The molecule has 1 aromatic rings. The second-order valence-corrected chi connectivity index (χ2v) is 6.14. The molecule has 1 N–H and O–H groups in total. The molecule has 0 bridgehead atoms. The maximum absolute atomic E-state index is 9.26. The molecule has 0 amide bonds. The van der Waals surface area contributed by atoms with Gasteiger partial charge in [0.15, 0.2) is 0 Å². The van der Waals surface area contributed by atoms with Crippen LogP contribution in [0.4, 0.5) is 5.82 Å². The highest BCUT2D eigenvalue weighted by Gasteiger charge is 2.26. The standard InChI is InChI=1S/C16H23N3/c1-12-9-13(2)19-15(14(12)10-17)18-11-16(3)7-5-4-6-8-16/h9H,4-8,11H2,1-3H3,(H,18,19). The molecule has 0 aromatic carbocycles. The van der Waals surface area contributed by atoms with Gasteiger partial charge in [0.1, 0.15) is 11.9 Å². The lowest BCUT2D eigenvalue weighted by atomic mass is 9.76. The van der Waals surface area contributed by atoms with E-state index < -0.39 is 0 Å². The first kappa shape index (κ1) is 13.9. The average Bonchev–Trinajstić information content (AvgIpc) is 2.37. The van der Waals surface area contributed by atoms with E-state index in [1.807, 2.05) is 19.9 Å². The molecule has 1 heterocycles. The van der Waals surface area contributed by atoms with Crippen LogP contribution in [0.3, 0.4) is 0 Å². The SMILES string of the molecule is Cc1cc(C)c(C#N)c(NCC2(C)CCCCC2)n1. The molecule has 0 radical (unpaired) electrons. The van der Waals surface area contributed by atoms with Gasteiger partial charge in [-0.3, -0.25) is 0 Å². The minimum atomic E-state index is 0.351. The Labute approximate surface area is 116 Å². The molecule has 3 nitrogen and oxygen atoms in total. The van der Waals surface area contributed by atoms with Crippen LogP contribution in [0.5, 0.6) is 0 Å². The molecule has 0 saturated heterocycles. The van der Waals surface area contributed by atoms with Crippen molar-refractivity contribution < 1.29 is 0 Å². The highest BCUT2D eigenvalue weighted by molar-refractivity contribution is 5.56. The van der Waals surface area contributed by atoms with Crippen molar-refractivity contribution in [3.05, 3.63) is 22.9 Å². The van der Waals surface area contributed by atoms with Crippen molar-refractivity contribution >= 4 is 5.82 Å². The zero-order valence-electron chi connectivity index (χ0n) is 12.2. The van der Waals surface area contributed by atoms with E-state index in [0.717, 1.165) is 23.6 Å². The van der Waals surface area contributed by atoms with Crippen molar-refractivity contribution in [2.75, 3.05) is 11.9 Å². The number of aromatic nitrogens is 1. The Kier molecular flexibility index (Phi) is 4.09. The van der Waals surface area contributed by atoms with Crippen molar-refractivity contribution in [2.45, 2.75) is 52.9 Å². The molecule has 2 rings (SSSR count). The van der Waals surface area contributed by atoms with E-state index >= 15 is 0 Å². The Balaban J connectivity index is 2.13. The summed E-state index contributed by atoms with van der Waals surface area (Å²) in [6, 6.07) is 4.23. The van der Waals surface area contributed by atoms with Gasteiger partial charge in [0.25, 0.3) is 0 Å². The molecule has 1 aliphatic carbocycles. The molecule has 3 heteroatoms. The van der Waals surface area contributed by atoms with Crippen molar-refractivity contribution in [1.82, 2.24) is 4.98 Å². The van der Waals surface area contributed by atoms with Gasteiger partial charge in [-0.25, -0.2) is 4.98 Å². The summed E-state index contributed by atoms with van der Waals surface area (Å²) in [4.78, 5) is 4.49. The second kappa shape index (κ2) is 5.61. The van der Waals surface area contributed by atoms with E-state index in [9.17, 15) is 5.26 Å². The number of nitrogens with zero attached hydrogens (tertiary/aromatic N) is 2. The number of hydrogen-bond acceptors (Lipinski definition) is 3. The number of rotatable bonds is 3. The lowest BCUT2D eigenvalue weighted by Crippen LogP contribution is -2.29. The summed E-state index contributed by atoms with van der Waals surface area (Å²) in [7, 11) is 0. The smallest absolute Gasteiger partial charge is 0.144 e. The zero-order chi connectivity index (χ0) is 13.9. The van der Waals surface area contributed by atoms with Gasteiger partial charge in [-0.05, 0) is 43.7 Å². The zero-order valence-corrected chi connectivity index (χ0v) is 12.2. The van der Waals surface area contributed by atoms with Crippen molar-refractivity contribution in [2.24, 2.45) is 5.41 Å².